The third kappa shape index (κ3) is 4.19. The van der Waals surface area contributed by atoms with Gasteiger partial charge in [0.05, 0.1) is 12.2 Å². The normalized spacial score (nSPS) is 18.7. The molecule has 1 aliphatic heterocycles. The smallest absolute Gasteiger partial charge is 0.147 e. The average molecular weight is 328 g/mol. The Kier molecular flexibility index (Phi) is 5.93. The minimum atomic E-state index is 0.560. The summed E-state index contributed by atoms with van der Waals surface area (Å²) in [6.45, 7) is 8.99. The number of pyridine rings is 1. The molecular weight excluding hydrogens is 300 g/mol. The molecule has 0 aromatic carbocycles. The Balaban J connectivity index is 1.80. The van der Waals surface area contributed by atoms with E-state index in [2.05, 4.69) is 49.0 Å². The SMILES string of the molecule is CCn1c(C)nnc1CN(Cc1ccccn1)[C@H]1CCCNCC1. The van der Waals surface area contributed by atoms with Crippen LogP contribution in [0.2, 0.25) is 0 Å². The predicted molar refractivity (Wildman–Crippen MR) is 94.4 cm³/mol. The summed E-state index contributed by atoms with van der Waals surface area (Å²) in [6.07, 6.45) is 5.49. The highest BCUT2D eigenvalue weighted by Crippen LogP contribution is 2.19. The second-order valence-corrected chi connectivity index (χ2v) is 6.47. The Morgan fingerprint density at radius 2 is 2.12 bits per heavy atom. The Morgan fingerprint density at radius 1 is 1.21 bits per heavy atom. The van der Waals surface area contributed by atoms with Crippen molar-refractivity contribution in [2.75, 3.05) is 13.1 Å². The largest absolute Gasteiger partial charge is 0.317 e. The van der Waals surface area contributed by atoms with Gasteiger partial charge in [-0.1, -0.05) is 6.07 Å². The van der Waals surface area contributed by atoms with Crippen LogP contribution in [0.3, 0.4) is 0 Å². The van der Waals surface area contributed by atoms with E-state index in [9.17, 15) is 0 Å². The van der Waals surface area contributed by atoms with Crippen LogP contribution in [0.4, 0.5) is 0 Å². The van der Waals surface area contributed by atoms with Crippen molar-refractivity contribution in [3.05, 3.63) is 41.7 Å². The lowest BCUT2D eigenvalue weighted by atomic mass is 10.1. The molecular formula is C18H28N6. The molecule has 0 amide bonds. The summed E-state index contributed by atoms with van der Waals surface area (Å²) >= 11 is 0. The fourth-order valence-corrected chi connectivity index (χ4v) is 3.51. The third-order valence-electron chi connectivity index (χ3n) is 4.83. The quantitative estimate of drug-likeness (QED) is 0.880. The summed E-state index contributed by atoms with van der Waals surface area (Å²) in [5.41, 5.74) is 1.12. The molecule has 24 heavy (non-hydrogen) atoms. The summed E-state index contributed by atoms with van der Waals surface area (Å²) < 4.78 is 2.21. The van der Waals surface area contributed by atoms with E-state index >= 15 is 0 Å². The number of rotatable bonds is 6. The van der Waals surface area contributed by atoms with Gasteiger partial charge in [-0.3, -0.25) is 9.88 Å². The van der Waals surface area contributed by atoms with Gasteiger partial charge in [-0.15, -0.1) is 10.2 Å². The van der Waals surface area contributed by atoms with Gasteiger partial charge in [0.2, 0.25) is 0 Å². The molecule has 1 atom stereocenters. The summed E-state index contributed by atoms with van der Waals surface area (Å²) in [6, 6.07) is 6.70. The van der Waals surface area contributed by atoms with Gasteiger partial charge in [-0.25, -0.2) is 0 Å². The second kappa shape index (κ2) is 8.35. The van der Waals surface area contributed by atoms with E-state index < -0.39 is 0 Å². The molecule has 0 spiro atoms. The lowest BCUT2D eigenvalue weighted by Gasteiger charge is -2.30. The maximum Gasteiger partial charge on any atom is 0.147 e. The van der Waals surface area contributed by atoms with Gasteiger partial charge in [0.15, 0.2) is 0 Å². The zero-order valence-electron chi connectivity index (χ0n) is 14.8. The molecule has 130 valence electrons. The van der Waals surface area contributed by atoms with Crippen LogP contribution < -0.4 is 5.32 Å². The number of aryl methyl sites for hydroxylation is 1. The lowest BCUT2D eigenvalue weighted by Crippen LogP contribution is -2.36. The second-order valence-electron chi connectivity index (χ2n) is 6.47. The van der Waals surface area contributed by atoms with Gasteiger partial charge in [-0.2, -0.15) is 0 Å². The van der Waals surface area contributed by atoms with E-state index in [4.69, 9.17) is 0 Å². The van der Waals surface area contributed by atoms with E-state index in [0.717, 1.165) is 50.1 Å². The van der Waals surface area contributed by atoms with Gasteiger partial charge in [-0.05, 0) is 58.3 Å². The highest BCUT2D eigenvalue weighted by molar-refractivity contribution is 5.04. The van der Waals surface area contributed by atoms with Gasteiger partial charge >= 0.3 is 0 Å². The van der Waals surface area contributed by atoms with Gasteiger partial charge < -0.3 is 9.88 Å². The number of hydrogen-bond acceptors (Lipinski definition) is 5. The average Bonchev–Trinajstić information content (AvgIpc) is 2.80. The van der Waals surface area contributed by atoms with Crippen molar-refractivity contribution in [2.45, 2.75) is 58.8 Å². The summed E-state index contributed by atoms with van der Waals surface area (Å²) in [5.74, 6) is 2.05. The monoisotopic (exact) mass is 328 g/mol. The minimum Gasteiger partial charge on any atom is -0.317 e. The first-order chi connectivity index (χ1) is 11.8. The topological polar surface area (TPSA) is 58.9 Å². The Bertz CT molecular complexity index is 616. The van der Waals surface area contributed by atoms with Crippen molar-refractivity contribution in [3.8, 4) is 0 Å². The molecule has 3 rings (SSSR count). The van der Waals surface area contributed by atoms with Crippen LogP contribution in [0, 0.1) is 6.92 Å². The highest BCUT2D eigenvalue weighted by Gasteiger charge is 2.23. The molecule has 6 heteroatoms. The molecule has 1 N–H and O–H groups in total. The highest BCUT2D eigenvalue weighted by atomic mass is 15.3. The molecule has 0 bridgehead atoms. The molecule has 1 fully saturated rings. The van der Waals surface area contributed by atoms with Crippen LogP contribution in [0.1, 0.15) is 43.5 Å². The third-order valence-corrected chi connectivity index (χ3v) is 4.83. The molecule has 1 saturated heterocycles. The number of aromatic nitrogens is 4. The lowest BCUT2D eigenvalue weighted by molar-refractivity contribution is 0.156. The van der Waals surface area contributed by atoms with E-state index in [1.165, 1.54) is 19.3 Å². The zero-order valence-corrected chi connectivity index (χ0v) is 14.8. The van der Waals surface area contributed by atoms with E-state index in [-0.39, 0.29) is 0 Å². The molecule has 6 nitrogen and oxygen atoms in total. The van der Waals surface area contributed by atoms with Crippen molar-refractivity contribution >= 4 is 0 Å². The van der Waals surface area contributed by atoms with Crippen molar-refractivity contribution in [3.63, 3.8) is 0 Å². The minimum absolute atomic E-state index is 0.560. The first-order valence-electron chi connectivity index (χ1n) is 9.01. The van der Waals surface area contributed by atoms with E-state index in [1.54, 1.807) is 0 Å². The van der Waals surface area contributed by atoms with E-state index in [0.29, 0.717) is 6.04 Å². The summed E-state index contributed by atoms with van der Waals surface area (Å²) in [5, 5.41) is 12.2. The fraction of sp³-hybridized carbons (Fsp3) is 0.611. The number of hydrogen-bond donors (Lipinski definition) is 1. The summed E-state index contributed by atoms with van der Waals surface area (Å²) in [7, 11) is 0. The zero-order chi connectivity index (χ0) is 16.8. The van der Waals surface area contributed by atoms with Crippen LogP contribution in [0.5, 0.6) is 0 Å². The van der Waals surface area contributed by atoms with E-state index in [1.807, 2.05) is 19.2 Å². The van der Waals surface area contributed by atoms with Crippen LogP contribution in [-0.2, 0) is 19.6 Å². The fourth-order valence-electron chi connectivity index (χ4n) is 3.51. The molecule has 3 heterocycles. The van der Waals surface area contributed by atoms with Crippen molar-refractivity contribution in [2.24, 2.45) is 0 Å². The first-order valence-corrected chi connectivity index (χ1v) is 9.01. The maximum atomic E-state index is 4.53. The Labute approximate surface area is 144 Å². The maximum absolute atomic E-state index is 4.53. The van der Waals surface area contributed by atoms with Gasteiger partial charge in [0, 0.05) is 25.3 Å². The van der Waals surface area contributed by atoms with Crippen molar-refractivity contribution in [1.29, 1.82) is 0 Å². The Morgan fingerprint density at radius 3 is 2.92 bits per heavy atom. The predicted octanol–water partition coefficient (Wildman–Crippen LogP) is 2.15. The standard InChI is InChI=1S/C18H28N6/c1-3-24-15(2)21-22-18(24)14-23(13-16-7-4-5-11-20-16)17-8-6-10-19-12-9-17/h4-5,7,11,17,19H,3,6,8-10,12-14H2,1-2H3/t17-/m0/s1. The molecule has 0 saturated carbocycles. The van der Waals surface area contributed by atoms with Crippen LogP contribution in [0.15, 0.2) is 24.4 Å². The van der Waals surface area contributed by atoms with Gasteiger partial charge in [0.1, 0.15) is 11.6 Å². The molecule has 1 aliphatic rings. The molecule has 2 aromatic rings. The number of nitrogens with zero attached hydrogens (tertiary/aromatic N) is 5. The summed E-state index contributed by atoms with van der Waals surface area (Å²) in [4.78, 5) is 7.06. The molecule has 2 aromatic heterocycles. The van der Waals surface area contributed by atoms with Gasteiger partial charge in [0.25, 0.3) is 0 Å². The van der Waals surface area contributed by atoms with Crippen molar-refractivity contribution < 1.29 is 0 Å². The number of nitrogens with one attached hydrogen (secondary N) is 1. The Hall–Kier alpha value is -1.79. The van der Waals surface area contributed by atoms with Crippen LogP contribution in [-0.4, -0.2) is 43.8 Å². The molecule has 0 unspecified atom stereocenters. The first kappa shape index (κ1) is 17.0. The van der Waals surface area contributed by atoms with Crippen LogP contribution in [0.25, 0.3) is 0 Å². The molecule has 0 radical (unpaired) electrons. The van der Waals surface area contributed by atoms with Crippen molar-refractivity contribution in [1.82, 2.24) is 30.0 Å². The molecule has 0 aliphatic carbocycles. The van der Waals surface area contributed by atoms with Crippen LogP contribution >= 0.6 is 0 Å².